The van der Waals surface area contributed by atoms with E-state index in [1.807, 2.05) is 57.5 Å². The van der Waals surface area contributed by atoms with Crippen molar-refractivity contribution in [1.29, 1.82) is 0 Å². The van der Waals surface area contributed by atoms with Gasteiger partial charge >= 0.3 is 6.01 Å². The van der Waals surface area contributed by atoms with Gasteiger partial charge in [-0.3, -0.25) is 19.5 Å². The number of carbonyl (C=O) groups is 2. The average Bonchev–Trinajstić information content (AvgIpc) is 4.45. The highest BCUT2D eigenvalue weighted by molar-refractivity contribution is 7.13. The number of aryl methyl sites for hydroxylation is 1. The van der Waals surface area contributed by atoms with Crippen LogP contribution in [0, 0.1) is 36.8 Å². The van der Waals surface area contributed by atoms with Gasteiger partial charge in [0.1, 0.15) is 53.8 Å². The second-order valence-corrected chi connectivity index (χ2v) is 23.2. The number of anilines is 1. The molecule has 0 radical (unpaired) electrons. The van der Waals surface area contributed by atoms with E-state index in [2.05, 4.69) is 41.5 Å². The summed E-state index contributed by atoms with van der Waals surface area (Å²) < 4.78 is 51.2. The summed E-state index contributed by atoms with van der Waals surface area (Å²) in [4.78, 5) is 54.1. The number of benzene rings is 3. The molecule has 2 amide bonds. The molecule has 17 nitrogen and oxygen atoms in total. The number of fused-ring (bicyclic) bond motifs is 5. The van der Waals surface area contributed by atoms with Crippen molar-refractivity contribution in [3.05, 3.63) is 101 Å². The number of aromatic hydroxyl groups is 1. The van der Waals surface area contributed by atoms with Crippen LogP contribution in [0.1, 0.15) is 100 Å². The van der Waals surface area contributed by atoms with Crippen LogP contribution in [0.15, 0.2) is 70.8 Å². The number of ether oxygens (including phenoxy) is 2. The van der Waals surface area contributed by atoms with Crippen LogP contribution in [0.4, 0.5) is 14.6 Å². The van der Waals surface area contributed by atoms with Crippen LogP contribution in [0.25, 0.3) is 43.4 Å². The molecule has 0 aliphatic carbocycles. The molecule has 0 saturated carbocycles. The lowest BCUT2D eigenvalue weighted by atomic mass is 9.91. The molecule has 4 aromatic heterocycles. The number of phenolic OH excluding ortho intramolecular Hbond substituents is 1. The first-order valence-corrected chi connectivity index (χ1v) is 28.1. The Morgan fingerprint density at radius 1 is 1.01 bits per heavy atom. The fourth-order valence-corrected chi connectivity index (χ4v) is 13.8. The normalized spacial score (nSPS) is 23.6. The molecule has 2 bridgehead atoms. The number of pyridine rings is 1. The number of aliphatic hydroxyl groups excluding tert-OH is 1. The van der Waals surface area contributed by atoms with E-state index >= 15 is 8.78 Å². The number of nitrogens with zero attached hydrogens (tertiary/aromatic N) is 8. The van der Waals surface area contributed by atoms with Crippen LogP contribution in [-0.2, 0) is 9.59 Å². The van der Waals surface area contributed by atoms with Crippen LogP contribution in [0.3, 0.4) is 0 Å². The summed E-state index contributed by atoms with van der Waals surface area (Å²) in [6.45, 7) is 10.3. The monoisotopic (exact) mass is 1090 g/mol. The van der Waals surface area contributed by atoms with Crippen molar-refractivity contribution in [1.82, 2.24) is 45.5 Å². The van der Waals surface area contributed by atoms with Gasteiger partial charge in [-0.05, 0) is 105 Å². The quantitative estimate of drug-likeness (QED) is 0.0715. The zero-order valence-corrected chi connectivity index (χ0v) is 45.2. The highest BCUT2D eigenvalue weighted by atomic mass is 32.1. The van der Waals surface area contributed by atoms with Gasteiger partial charge in [-0.15, -0.1) is 17.8 Å². The molecular weight excluding hydrogens is 1030 g/mol. The van der Waals surface area contributed by atoms with Crippen molar-refractivity contribution in [3.63, 3.8) is 0 Å². The first-order valence-electron chi connectivity index (χ1n) is 27.2. The van der Waals surface area contributed by atoms with Crippen molar-refractivity contribution in [2.24, 2.45) is 5.92 Å². The lowest BCUT2D eigenvalue weighted by Gasteiger charge is -2.35. The molecule has 9 heterocycles. The molecule has 12 rings (SSSR count). The summed E-state index contributed by atoms with van der Waals surface area (Å²) >= 11 is 1.58. The molecule has 5 fully saturated rings. The van der Waals surface area contributed by atoms with Crippen LogP contribution in [0.2, 0.25) is 0 Å². The molecule has 0 spiro atoms. The largest absolute Gasteiger partial charge is 0.508 e. The number of hydrogen-bond donors (Lipinski definition) is 4. The summed E-state index contributed by atoms with van der Waals surface area (Å²) in [7, 11) is 0. The fraction of sp³-hybridized carbons (Fsp3) is 0.441. The highest BCUT2D eigenvalue weighted by Gasteiger charge is 2.50. The summed E-state index contributed by atoms with van der Waals surface area (Å²) in [5.41, 5.74) is 4.25. The maximum atomic E-state index is 17.3. The number of amides is 2. The molecule has 20 heteroatoms. The molecule has 410 valence electrons. The number of terminal acetylenes is 1. The Kier molecular flexibility index (Phi) is 14.0. The van der Waals surface area contributed by atoms with E-state index in [0.717, 1.165) is 66.8 Å². The molecule has 4 N–H and O–H groups in total. The van der Waals surface area contributed by atoms with E-state index in [0.29, 0.717) is 42.0 Å². The van der Waals surface area contributed by atoms with Crippen LogP contribution in [-0.4, -0.2) is 132 Å². The summed E-state index contributed by atoms with van der Waals surface area (Å²) in [6.07, 6.45) is 12.0. The van der Waals surface area contributed by atoms with Gasteiger partial charge in [0.15, 0.2) is 11.6 Å². The maximum Gasteiger partial charge on any atom is 0.319 e. The SMILES string of the molecule is C#Cc1c(F)ccc2cc(O)cc(-c3ncc4c(N5CC6CCC(C5)N6)nc(OC[C@]56CCCN5[C@H](COc5cc([C@@H](C(=O)N7C[C@H](O)C[C@H]7C(=O)N[C@@H](C)c7ccc(-c8scnc8C)cc7)C(C)C)on5)CC6)nc4c3F)c12. The van der Waals surface area contributed by atoms with Gasteiger partial charge < -0.3 is 44.6 Å². The summed E-state index contributed by atoms with van der Waals surface area (Å²) in [6, 6.07) is 14.4. The third kappa shape index (κ3) is 9.78. The number of hydrogen-bond acceptors (Lipinski definition) is 16. The number of piperazine rings is 1. The Hall–Kier alpha value is -7.31. The molecule has 79 heavy (non-hydrogen) atoms. The molecule has 7 aromatic rings. The second-order valence-electron chi connectivity index (χ2n) is 22.3. The Balaban J connectivity index is 0.736. The van der Waals surface area contributed by atoms with E-state index in [1.54, 1.807) is 17.4 Å². The Labute approximate surface area is 459 Å². The third-order valence-electron chi connectivity index (χ3n) is 16.9. The van der Waals surface area contributed by atoms with Gasteiger partial charge in [-0.1, -0.05) is 50.1 Å². The molecule has 5 aliphatic rings. The standard InChI is InChI=1S/C59H62F2N10O7S/c1-6-42-45(60)15-12-36-20-40(72)21-43(50(36)42)52-51(61)53-44(24-62-52)55(69-25-37-13-14-38(26-69)65-37)67-58(66-53)77-29-59-17-7-19-71(59)39(16-18-59)28-76-48-23-47(78-68-48)49(31(2)3)57(75)70-27-41(73)22-46(70)56(74)64-32(4)34-8-10-35(11-9-34)54-33(5)63-30-79-54/h1,8-12,15,20-21,23-24,30-32,37-39,41,46,49,65,72-73H,7,13-14,16-19,22,25-29H2,2-5H3,(H,64,74)/t32-,37?,38?,39-,41+,46-,49-,59+/m0/s1. The smallest absolute Gasteiger partial charge is 0.319 e. The average molecular weight is 1090 g/mol. The molecule has 2 unspecified atom stereocenters. The summed E-state index contributed by atoms with van der Waals surface area (Å²) in [5.74, 6) is 0.121. The van der Waals surface area contributed by atoms with Gasteiger partial charge in [0.2, 0.25) is 11.8 Å². The van der Waals surface area contributed by atoms with Gasteiger partial charge in [0.05, 0.1) is 44.7 Å². The number of nitrogens with one attached hydrogen (secondary N) is 2. The number of β-amino-alcohol motifs (C(OH)–C–C–N with tert-alkyl or cyclic N) is 1. The van der Waals surface area contributed by atoms with Gasteiger partial charge in [-0.25, -0.2) is 13.8 Å². The highest BCUT2D eigenvalue weighted by Crippen LogP contribution is 2.44. The fourth-order valence-electron chi connectivity index (χ4n) is 13.0. The number of likely N-dealkylation sites (tertiary alicyclic amines) is 1. The maximum absolute atomic E-state index is 17.3. The van der Waals surface area contributed by atoms with E-state index in [9.17, 15) is 19.8 Å². The topological polar surface area (TPSA) is 204 Å². The number of rotatable bonds is 15. The van der Waals surface area contributed by atoms with Crippen molar-refractivity contribution in [2.75, 3.05) is 44.3 Å². The number of aliphatic hydroxyl groups is 1. The number of thiazole rings is 1. The molecular formula is C59H62F2N10O7S. The molecule has 5 saturated heterocycles. The Bertz CT molecular complexity index is 3520. The zero-order chi connectivity index (χ0) is 54.9. The third-order valence-corrected chi connectivity index (χ3v) is 17.9. The number of halogens is 2. The van der Waals surface area contributed by atoms with E-state index < -0.39 is 29.7 Å². The Morgan fingerprint density at radius 3 is 2.56 bits per heavy atom. The number of carbonyl (C=O) groups excluding carboxylic acids is 2. The number of aromatic nitrogens is 5. The van der Waals surface area contributed by atoms with E-state index in [-0.39, 0.29) is 112 Å². The minimum Gasteiger partial charge on any atom is -0.508 e. The van der Waals surface area contributed by atoms with Crippen molar-refractivity contribution in [3.8, 4) is 51.7 Å². The van der Waals surface area contributed by atoms with Gasteiger partial charge in [-0.2, -0.15) is 9.97 Å². The Morgan fingerprint density at radius 2 is 1.81 bits per heavy atom. The van der Waals surface area contributed by atoms with Crippen LogP contribution >= 0.6 is 11.3 Å². The minimum absolute atomic E-state index is 0.00714. The lowest BCUT2D eigenvalue weighted by molar-refractivity contribution is -0.141. The van der Waals surface area contributed by atoms with E-state index in [4.69, 9.17) is 30.4 Å². The van der Waals surface area contributed by atoms with Crippen molar-refractivity contribution < 1.29 is 42.6 Å². The summed E-state index contributed by atoms with van der Waals surface area (Å²) in [5, 5.41) is 33.7. The predicted molar refractivity (Wildman–Crippen MR) is 294 cm³/mol. The minimum atomic E-state index is -0.881. The van der Waals surface area contributed by atoms with E-state index in [1.165, 1.54) is 35.4 Å². The number of phenols is 1. The van der Waals surface area contributed by atoms with Gasteiger partial charge in [0.25, 0.3) is 5.88 Å². The molecule has 3 aromatic carbocycles. The predicted octanol–water partition coefficient (Wildman–Crippen LogP) is 8.20. The molecule has 8 atom stereocenters. The van der Waals surface area contributed by atoms with Crippen molar-refractivity contribution in [2.45, 2.75) is 120 Å². The zero-order valence-electron chi connectivity index (χ0n) is 44.4. The molecule has 5 aliphatic heterocycles. The lowest BCUT2D eigenvalue weighted by Crippen LogP contribution is -2.51. The first kappa shape index (κ1) is 52.4. The van der Waals surface area contributed by atoms with Crippen molar-refractivity contribution >= 4 is 50.6 Å². The van der Waals surface area contributed by atoms with Gasteiger partial charge in [0, 0.05) is 67.4 Å². The van der Waals surface area contributed by atoms with Crippen LogP contribution < -0.4 is 25.0 Å². The first-order chi connectivity index (χ1) is 38.1. The second kappa shape index (κ2) is 21.1. The van der Waals surface area contributed by atoms with Crippen LogP contribution in [0.5, 0.6) is 17.6 Å².